The molecule has 3 aliphatic heterocycles. The number of amides is 2. The van der Waals surface area contributed by atoms with Gasteiger partial charge in [0.05, 0.1) is 53.8 Å². The van der Waals surface area contributed by atoms with Gasteiger partial charge in [0, 0.05) is 49.3 Å². The first kappa shape index (κ1) is 42.3. The molecule has 5 heterocycles. The Morgan fingerprint density at radius 3 is 2.54 bits per heavy atom. The molecule has 1 aromatic carbocycles. The van der Waals surface area contributed by atoms with Crippen molar-refractivity contribution in [2.24, 2.45) is 17.3 Å². The number of morpholine rings is 2. The summed E-state index contributed by atoms with van der Waals surface area (Å²) in [5.41, 5.74) is 0.815. The molecule has 2 saturated carbocycles. The summed E-state index contributed by atoms with van der Waals surface area (Å²) in [5.74, 6) is -0.356. The van der Waals surface area contributed by atoms with Crippen molar-refractivity contribution in [1.82, 2.24) is 24.5 Å². The number of nitrogens with zero attached hydrogens (tertiary/aromatic N) is 4. The maximum absolute atomic E-state index is 14.6. The van der Waals surface area contributed by atoms with E-state index >= 15 is 0 Å². The fourth-order valence-electron chi connectivity index (χ4n) is 8.80. The van der Waals surface area contributed by atoms with E-state index < -0.39 is 50.9 Å². The van der Waals surface area contributed by atoms with E-state index in [1.807, 2.05) is 38.3 Å². The molecule has 1 N–H and O–H groups in total. The number of fused-ring (bicyclic) bond motifs is 2. The lowest BCUT2D eigenvalue weighted by Crippen LogP contribution is -2.58. The molecule has 3 aromatic rings. The molecule has 59 heavy (non-hydrogen) atoms. The van der Waals surface area contributed by atoms with Gasteiger partial charge in [-0.05, 0) is 49.1 Å². The summed E-state index contributed by atoms with van der Waals surface area (Å²) in [6.45, 7) is 14.3. The molecule has 2 amide bonds. The first-order valence-electron chi connectivity index (χ1n) is 20.9. The van der Waals surface area contributed by atoms with Gasteiger partial charge in [-0.3, -0.25) is 24.0 Å². The lowest BCUT2D eigenvalue weighted by atomic mass is 9.90. The highest BCUT2D eigenvalue weighted by atomic mass is 35.5. The van der Waals surface area contributed by atoms with Gasteiger partial charge in [0.1, 0.15) is 46.0 Å². The summed E-state index contributed by atoms with van der Waals surface area (Å²) < 4.78 is 52.7. The van der Waals surface area contributed by atoms with Gasteiger partial charge < -0.3 is 23.8 Å². The average molecular weight is 873 g/mol. The van der Waals surface area contributed by atoms with Crippen molar-refractivity contribution < 1.29 is 41.7 Å². The number of pyridine rings is 1. The Hall–Kier alpha value is -3.41. The minimum Gasteiger partial charge on any atom is -0.491 e. The molecule has 2 aliphatic carbocycles. The van der Waals surface area contributed by atoms with Crippen molar-refractivity contribution in [3.63, 3.8) is 0 Å². The minimum atomic E-state index is -3.81. The van der Waals surface area contributed by atoms with Crippen LogP contribution in [0.4, 0.5) is 0 Å². The zero-order valence-electron chi connectivity index (χ0n) is 34.3. The van der Waals surface area contributed by atoms with Crippen LogP contribution in [0.1, 0.15) is 84.8 Å². The lowest BCUT2D eigenvalue weighted by Gasteiger charge is -2.40. The highest BCUT2D eigenvalue weighted by Crippen LogP contribution is 2.58. The van der Waals surface area contributed by atoms with Crippen molar-refractivity contribution >= 4 is 61.5 Å². The Morgan fingerprint density at radius 1 is 1.12 bits per heavy atom. The standard InChI is InChI=1S/C42H54ClN5O9S2/c1-6-25-19-42(25,41(51)46-59(52,53)26-7-8-26)20-32(49)30-18-35(31-21-56-38(24(4)5)40(50)48(30)31)57-34-17-28(39-45-29(22-58-39)23(2)3)44-37-27(34)9-10-33(36(37)43)55-16-13-47-11-14-54-15-12-47/h9-10,17,22-26,30-31,35,38H,6-8,11-16,18-21H2,1-5H3,(H,46,51)/t25-,30+,31-,35-,38+,42-/m1/s1. The summed E-state index contributed by atoms with van der Waals surface area (Å²) in [7, 11) is -3.81. The third-order valence-electron chi connectivity index (χ3n) is 12.6. The molecule has 5 fully saturated rings. The summed E-state index contributed by atoms with van der Waals surface area (Å²) in [4.78, 5) is 56.2. The van der Waals surface area contributed by atoms with Crippen molar-refractivity contribution in [3.05, 3.63) is 34.3 Å². The number of carbonyl (C=O) groups excluding carboxylic acids is 3. The number of halogens is 1. The summed E-state index contributed by atoms with van der Waals surface area (Å²) >= 11 is 8.58. The smallest absolute Gasteiger partial charge is 0.253 e. The molecule has 17 heteroatoms. The fraction of sp³-hybridized carbons (Fsp3) is 0.643. The van der Waals surface area contributed by atoms with Crippen LogP contribution in [0.25, 0.3) is 21.6 Å². The monoisotopic (exact) mass is 871 g/mol. The first-order valence-corrected chi connectivity index (χ1v) is 23.7. The number of rotatable bonds is 16. The van der Waals surface area contributed by atoms with Crippen LogP contribution in [0.5, 0.6) is 11.5 Å². The Balaban J connectivity index is 1.10. The van der Waals surface area contributed by atoms with E-state index in [0.717, 1.165) is 25.3 Å². The molecule has 0 unspecified atom stereocenters. The number of thiazole rings is 1. The summed E-state index contributed by atoms with van der Waals surface area (Å²) in [5, 5.41) is 3.08. The lowest BCUT2D eigenvalue weighted by molar-refractivity contribution is -0.167. The number of aromatic nitrogens is 2. The van der Waals surface area contributed by atoms with Crippen molar-refractivity contribution in [2.75, 3.05) is 46.1 Å². The predicted octanol–water partition coefficient (Wildman–Crippen LogP) is 5.60. The van der Waals surface area contributed by atoms with E-state index in [0.29, 0.717) is 83.6 Å². The Bertz CT molecular complexity index is 2210. The number of Topliss-reactive ketones (excluding diaryl/α,β-unsaturated/α-hetero) is 1. The molecule has 3 saturated heterocycles. The van der Waals surface area contributed by atoms with Gasteiger partial charge in [-0.1, -0.05) is 52.6 Å². The SMILES string of the molecule is CC[C@@H]1C[C@]1(CC(=O)[C@@H]1C[C@@H](Oc2cc(-c3nc(C(C)C)cs3)nc3c(Cl)c(OCCN4CCOCC4)ccc23)[C@H]2CO[C@@H](C(C)C)C(=O)N21)C(=O)NS(=O)(=O)C1CC1. The third kappa shape index (κ3) is 8.46. The molecule has 0 radical (unpaired) electrons. The zero-order chi connectivity index (χ0) is 41.8. The quantitative estimate of drug-likeness (QED) is 0.190. The van der Waals surface area contributed by atoms with Crippen LogP contribution in [0.2, 0.25) is 5.02 Å². The van der Waals surface area contributed by atoms with Crippen molar-refractivity contribution in [1.29, 1.82) is 0 Å². The van der Waals surface area contributed by atoms with Crippen molar-refractivity contribution in [2.45, 2.75) is 109 Å². The largest absolute Gasteiger partial charge is 0.491 e. The number of benzene rings is 1. The molecule has 320 valence electrons. The molecular weight excluding hydrogens is 818 g/mol. The molecule has 5 aliphatic rings. The van der Waals surface area contributed by atoms with Crippen molar-refractivity contribution in [3.8, 4) is 22.2 Å². The van der Waals surface area contributed by atoms with E-state index in [1.165, 1.54) is 11.3 Å². The summed E-state index contributed by atoms with van der Waals surface area (Å²) in [6.07, 6.45) is 0.610. The molecule has 0 spiro atoms. The van der Waals surface area contributed by atoms with Crippen LogP contribution < -0.4 is 14.2 Å². The Morgan fingerprint density at radius 2 is 1.88 bits per heavy atom. The van der Waals surface area contributed by atoms with E-state index in [1.54, 1.807) is 11.0 Å². The number of hydrogen-bond acceptors (Lipinski definition) is 13. The fourth-order valence-corrected chi connectivity index (χ4v) is 11.4. The molecule has 14 nitrogen and oxygen atoms in total. The second-order valence-electron chi connectivity index (χ2n) is 17.3. The molecule has 8 rings (SSSR count). The van der Waals surface area contributed by atoms with E-state index in [2.05, 4.69) is 23.5 Å². The van der Waals surface area contributed by atoms with E-state index in [4.69, 9.17) is 40.5 Å². The highest BCUT2D eigenvalue weighted by molar-refractivity contribution is 7.90. The van der Waals surface area contributed by atoms with Gasteiger partial charge in [0.2, 0.25) is 15.9 Å². The van der Waals surface area contributed by atoms with E-state index in [9.17, 15) is 22.8 Å². The van der Waals surface area contributed by atoms with Gasteiger partial charge in [-0.15, -0.1) is 11.3 Å². The molecule has 6 atom stereocenters. The molecule has 2 aromatic heterocycles. The van der Waals surface area contributed by atoms with Crippen LogP contribution in [-0.4, -0.2) is 121 Å². The van der Waals surface area contributed by atoms with Crippen LogP contribution in [-0.2, 0) is 33.9 Å². The average Bonchev–Trinajstić information content (AvgIpc) is 4.10. The van der Waals surface area contributed by atoms with Crippen LogP contribution in [0.3, 0.4) is 0 Å². The van der Waals surface area contributed by atoms with Crippen LogP contribution in [0, 0.1) is 17.3 Å². The van der Waals surface area contributed by atoms with Gasteiger partial charge >= 0.3 is 0 Å². The van der Waals surface area contributed by atoms with Gasteiger partial charge in [0.15, 0.2) is 5.78 Å². The topological polar surface area (TPSA) is 167 Å². The maximum Gasteiger partial charge on any atom is 0.253 e. The number of nitrogens with one attached hydrogen (secondary N) is 1. The molecular formula is C42H54ClN5O9S2. The van der Waals surface area contributed by atoms with Gasteiger partial charge in [-0.25, -0.2) is 18.4 Å². The number of ether oxygens (including phenoxy) is 4. The summed E-state index contributed by atoms with van der Waals surface area (Å²) in [6, 6.07) is 3.99. The Kier molecular flexibility index (Phi) is 12.0. The highest BCUT2D eigenvalue weighted by Gasteiger charge is 2.62. The van der Waals surface area contributed by atoms with Crippen LogP contribution in [0.15, 0.2) is 23.6 Å². The number of sulfonamides is 1. The number of carbonyl (C=O) groups is 3. The van der Waals surface area contributed by atoms with Gasteiger partial charge in [-0.2, -0.15) is 0 Å². The van der Waals surface area contributed by atoms with E-state index in [-0.39, 0.29) is 48.9 Å². The second-order valence-corrected chi connectivity index (χ2v) is 20.5. The minimum absolute atomic E-state index is 0.143. The number of hydrogen-bond donors (Lipinski definition) is 1. The normalized spacial score (nSPS) is 27.4. The second kappa shape index (κ2) is 16.8. The van der Waals surface area contributed by atoms with Crippen LogP contribution >= 0.6 is 22.9 Å². The Labute approximate surface area is 354 Å². The third-order valence-corrected chi connectivity index (χ3v) is 15.7. The number of ketones is 1. The molecule has 0 bridgehead atoms. The predicted molar refractivity (Wildman–Crippen MR) is 223 cm³/mol. The van der Waals surface area contributed by atoms with Gasteiger partial charge in [0.25, 0.3) is 5.91 Å². The zero-order valence-corrected chi connectivity index (χ0v) is 36.7. The maximum atomic E-state index is 14.6. The first-order chi connectivity index (χ1) is 28.2.